The van der Waals surface area contributed by atoms with Crippen molar-refractivity contribution >= 4 is 24.0 Å². The van der Waals surface area contributed by atoms with Gasteiger partial charge >= 0.3 is 0 Å². The van der Waals surface area contributed by atoms with E-state index in [9.17, 15) is 4.57 Å². The van der Waals surface area contributed by atoms with Crippen molar-refractivity contribution in [2.24, 2.45) is 0 Å². The Hall–Kier alpha value is -2.75. The number of ether oxygens (including phenoxy) is 1. The molecule has 0 aromatic heterocycles. The van der Waals surface area contributed by atoms with E-state index in [1.54, 1.807) is 7.11 Å². The molecule has 3 aromatic carbocycles. The minimum absolute atomic E-state index is 0.228. The molecule has 164 valence electrons. The average Bonchev–Trinajstić information content (AvgIpc) is 2.77. The second-order valence-corrected chi connectivity index (χ2v) is 10.3. The molecule has 1 N–H and O–H groups in total. The molecule has 0 heterocycles. The van der Waals surface area contributed by atoms with Crippen LogP contribution in [0.5, 0.6) is 5.75 Å². The molecule has 3 rings (SSSR count). The molecule has 6 heteroatoms. The molecule has 0 bridgehead atoms. The summed E-state index contributed by atoms with van der Waals surface area (Å²) in [7, 11) is 2.16. The van der Waals surface area contributed by atoms with Crippen molar-refractivity contribution in [1.29, 1.82) is 0 Å². The van der Waals surface area contributed by atoms with Crippen LogP contribution in [0.1, 0.15) is 25.2 Å². The smallest absolute Gasteiger partial charge is 0.258 e. The Morgan fingerprint density at radius 3 is 2.06 bits per heavy atom. The average molecular weight is 439 g/mol. The zero-order valence-corrected chi connectivity index (χ0v) is 19.7. The first kappa shape index (κ1) is 22.9. The highest BCUT2D eigenvalue weighted by Gasteiger charge is 2.40. The molecule has 0 radical (unpaired) electrons. The monoisotopic (exact) mass is 438 g/mol. The Labute approximate surface area is 185 Å². The van der Waals surface area contributed by atoms with Gasteiger partial charge in [0.1, 0.15) is 11.5 Å². The van der Waals surface area contributed by atoms with Gasteiger partial charge in [0, 0.05) is 36.3 Å². The summed E-state index contributed by atoms with van der Waals surface area (Å²) in [6, 6.07) is 25.1. The maximum absolute atomic E-state index is 14.7. The van der Waals surface area contributed by atoms with Crippen LogP contribution < -0.4 is 20.3 Å². The number of methoxy groups -OCH3 is 1. The van der Waals surface area contributed by atoms with Gasteiger partial charge in [-0.2, -0.15) is 0 Å². The lowest BCUT2D eigenvalue weighted by molar-refractivity contribution is 0.245. The van der Waals surface area contributed by atoms with Crippen molar-refractivity contribution in [2.75, 3.05) is 31.4 Å². The fourth-order valence-corrected chi connectivity index (χ4v) is 6.10. The molecule has 0 aliphatic carbocycles. The minimum atomic E-state index is -3.43. The summed E-state index contributed by atoms with van der Waals surface area (Å²) in [5, 5.41) is 4.13. The Morgan fingerprint density at radius 2 is 1.48 bits per heavy atom. The van der Waals surface area contributed by atoms with Crippen molar-refractivity contribution in [3.05, 3.63) is 84.4 Å². The van der Waals surface area contributed by atoms with Crippen LogP contribution in [-0.2, 0) is 9.09 Å². The van der Waals surface area contributed by atoms with Crippen LogP contribution in [0.4, 0.5) is 11.4 Å². The molecule has 0 aliphatic rings. The third-order valence-electron chi connectivity index (χ3n) is 4.94. The van der Waals surface area contributed by atoms with E-state index >= 15 is 0 Å². The molecule has 0 amide bonds. The summed E-state index contributed by atoms with van der Waals surface area (Å²) in [4.78, 5) is 2.01. The summed E-state index contributed by atoms with van der Waals surface area (Å²) < 4.78 is 26.6. The van der Waals surface area contributed by atoms with Crippen LogP contribution in [0.3, 0.4) is 0 Å². The Balaban J connectivity index is 2.18. The van der Waals surface area contributed by atoms with Gasteiger partial charge in [0.25, 0.3) is 7.37 Å². The van der Waals surface area contributed by atoms with Crippen LogP contribution in [0.25, 0.3) is 0 Å². The molecule has 0 unspecified atom stereocenters. The number of benzene rings is 3. The molecule has 0 saturated heterocycles. The third kappa shape index (κ3) is 5.30. The zero-order valence-electron chi connectivity index (χ0n) is 18.8. The van der Waals surface area contributed by atoms with E-state index < -0.39 is 13.2 Å². The summed E-state index contributed by atoms with van der Waals surface area (Å²) in [5.41, 5.74) is 2.68. The highest BCUT2D eigenvalue weighted by molar-refractivity contribution is 7.67. The zero-order chi connectivity index (χ0) is 22.4. The predicted molar refractivity (Wildman–Crippen MR) is 130 cm³/mol. The Kier molecular flexibility index (Phi) is 7.42. The van der Waals surface area contributed by atoms with Crippen LogP contribution in [0.2, 0.25) is 0 Å². The largest absolute Gasteiger partial charge is 0.496 e. The van der Waals surface area contributed by atoms with Crippen LogP contribution >= 0.6 is 7.37 Å². The van der Waals surface area contributed by atoms with Crippen molar-refractivity contribution in [1.82, 2.24) is 0 Å². The van der Waals surface area contributed by atoms with Gasteiger partial charge in [0.2, 0.25) is 0 Å². The van der Waals surface area contributed by atoms with Crippen molar-refractivity contribution < 1.29 is 13.8 Å². The number of nitrogens with zero attached hydrogens (tertiary/aromatic N) is 1. The lowest BCUT2D eigenvalue weighted by atomic mass is 10.2. The third-order valence-corrected chi connectivity index (χ3v) is 7.78. The SMILES string of the molecule is COc1ccccc1[C@@H](Nc1ccccc1)[P@@](=O)(OC(C)C)c1ccc(N(C)C)cc1. The van der Waals surface area contributed by atoms with Gasteiger partial charge in [-0.25, -0.2) is 0 Å². The van der Waals surface area contributed by atoms with E-state index in [4.69, 9.17) is 9.26 Å². The standard InChI is InChI=1S/C25H31N2O3P/c1-19(2)30-31(28,22-17-15-21(16-18-22)27(3)4)25(26-20-11-7-6-8-12-20)23-13-9-10-14-24(23)29-5/h6-19,25-26H,1-5H3/t25-,31-/m0/s1. The fraction of sp³-hybridized carbons (Fsp3) is 0.280. The van der Waals surface area contributed by atoms with Gasteiger partial charge in [0.15, 0.2) is 0 Å². The molecule has 3 aromatic rings. The first-order valence-corrected chi connectivity index (χ1v) is 12.0. The lowest BCUT2D eigenvalue weighted by Crippen LogP contribution is -2.23. The van der Waals surface area contributed by atoms with Crippen molar-refractivity contribution in [3.63, 3.8) is 0 Å². The molecule has 2 atom stereocenters. The van der Waals surface area contributed by atoms with Crippen LogP contribution in [-0.4, -0.2) is 27.3 Å². The maximum atomic E-state index is 14.7. The number of para-hydroxylation sites is 2. The molecule has 0 fully saturated rings. The number of anilines is 2. The van der Waals surface area contributed by atoms with E-state index in [1.165, 1.54) is 0 Å². The van der Waals surface area contributed by atoms with Crippen molar-refractivity contribution in [2.45, 2.75) is 25.7 Å². The lowest BCUT2D eigenvalue weighted by Gasteiger charge is -2.32. The summed E-state index contributed by atoms with van der Waals surface area (Å²) >= 11 is 0. The second kappa shape index (κ2) is 10.0. The van der Waals surface area contributed by atoms with E-state index in [0.717, 1.165) is 16.9 Å². The van der Waals surface area contributed by atoms with Gasteiger partial charge in [-0.1, -0.05) is 36.4 Å². The van der Waals surface area contributed by atoms with Gasteiger partial charge in [0.05, 0.1) is 13.2 Å². The molecular formula is C25H31N2O3P. The minimum Gasteiger partial charge on any atom is -0.496 e. The Morgan fingerprint density at radius 1 is 0.871 bits per heavy atom. The van der Waals surface area contributed by atoms with Crippen molar-refractivity contribution in [3.8, 4) is 5.75 Å². The first-order valence-electron chi connectivity index (χ1n) is 10.4. The van der Waals surface area contributed by atoms with Gasteiger partial charge in [-0.3, -0.25) is 4.57 Å². The van der Waals surface area contributed by atoms with Crippen LogP contribution in [0.15, 0.2) is 78.9 Å². The van der Waals surface area contributed by atoms with E-state index in [0.29, 0.717) is 11.1 Å². The maximum Gasteiger partial charge on any atom is 0.258 e. The fourth-order valence-electron chi connectivity index (χ4n) is 3.47. The number of nitrogens with one attached hydrogen (secondary N) is 1. The molecular weight excluding hydrogens is 407 g/mol. The highest BCUT2D eigenvalue weighted by atomic mass is 31.2. The van der Waals surface area contributed by atoms with E-state index in [-0.39, 0.29) is 6.10 Å². The van der Waals surface area contributed by atoms with Crippen LogP contribution in [0, 0.1) is 0 Å². The second-order valence-electron chi connectivity index (χ2n) is 7.82. The predicted octanol–water partition coefficient (Wildman–Crippen LogP) is 5.90. The molecule has 0 spiro atoms. The normalized spacial score (nSPS) is 14.0. The summed E-state index contributed by atoms with van der Waals surface area (Å²) in [5.74, 6) is 0.0343. The molecule has 0 saturated carbocycles. The number of rotatable bonds is 9. The number of hydrogen-bond acceptors (Lipinski definition) is 5. The van der Waals surface area contributed by atoms with Gasteiger partial charge in [-0.15, -0.1) is 0 Å². The molecule has 5 nitrogen and oxygen atoms in total. The molecule has 31 heavy (non-hydrogen) atoms. The quantitative estimate of drug-likeness (QED) is 0.422. The van der Waals surface area contributed by atoms with Gasteiger partial charge < -0.3 is 19.5 Å². The van der Waals surface area contributed by atoms with E-state index in [1.807, 2.05) is 112 Å². The summed E-state index contributed by atoms with van der Waals surface area (Å²) in [6.45, 7) is 3.81. The Bertz CT molecular complexity index is 1020. The highest BCUT2D eigenvalue weighted by Crippen LogP contribution is 2.61. The summed E-state index contributed by atoms with van der Waals surface area (Å²) in [6.07, 6.45) is -0.228. The van der Waals surface area contributed by atoms with E-state index in [2.05, 4.69) is 5.32 Å². The topological polar surface area (TPSA) is 50.8 Å². The number of hydrogen-bond donors (Lipinski definition) is 1. The van der Waals surface area contributed by atoms with Gasteiger partial charge in [-0.05, 0) is 56.3 Å². The molecule has 0 aliphatic heterocycles. The first-order chi connectivity index (χ1) is 14.8.